The topological polar surface area (TPSA) is 125 Å². The van der Waals surface area contributed by atoms with Crippen LogP contribution in [0.5, 0.6) is 0 Å². The number of anilines is 1. The van der Waals surface area contributed by atoms with Crippen LogP contribution >= 0.6 is 11.6 Å². The molecule has 5 aliphatic rings. The SMILES string of the molecule is CN1CCC(c2ccc3c(c2)C(C)(C)c2nc(=O)c4c(Cl)cccc4n2-3)CC1.O=C1CCC(N2C(=O)c3ccc(N4CCCC4)cc3C2=O)C(=O)N1. The van der Waals surface area contributed by atoms with Crippen LogP contribution in [0.15, 0.2) is 59.4 Å². The number of aromatic nitrogens is 2. The Hall–Kier alpha value is -4.87. The van der Waals surface area contributed by atoms with Gasteiger partial charge >= 0.3 is 0 Å². The standard InChI is InChI=1S/C23H24ClN3O.C17H17N3O4/c1-23(2)16-13-15(14-9-11-26(3)12-10-14)7-8-18(16)27-19-6-4-5-17(24)20(19)21(28)25-22(23)27;21-14-6-5-13(15(22)18-14)20-16(23)11-4-3-10(9-12(11)17(20)24)19-7-1-2-8-19/h4-8,13-14H,9-12H2,1-3H3;3-4,9,13H,1-2,5-8H2,(H,18,21,22). The molecule has 0 saturated carbocycles. The number of nitrogens with one attached hydrogen (secondary N) is 1. The van der Waals surface area contributed by atoms with Gasteiger partial charge in [0, 0.05) is 25.2 Å². The van der Waals surface area contributed by atoms with Crippen molar-refractivity contribution in [3.8, 4) is 5.69 Å². The smallest absolute Gasteiger partial charge is 0.282 e. The van der Waals surface area contributed by atoms with E-state index in [0.717, 1.165) is 66.6 Å². The summed E-state index contributed by atoms with van der Waals surface area (Å²) in [6.07, 6.45) is 4.92. The number of carbonyl (C=O) groups is 4. The van der Waals surface area contributed by atoms with Crippen LogP contribution < -0.4 is 15.8 Å². The molecule has 4 aromatic rings. The number of nitrogens with zero attached hydrogens (tertiary/aromatic N) is 5. The Labute approximate surface area is 306 Å². The van der Waals surface area contributed by atoms with Crippen LogP contribution in [0.1, 0.15) is 96.0 Å². The summed E-state index contributed by atoms with van der Waals surface area (Å²) >= 11 is 6.34. The summed E-state index contributed by atoms with van der Waals surface area (Å²) in [6, 6.07) is 16.8. The van der Waals surface area contributed by atoms with E-state index >= 15 is 0 Å². The maximum absolute atomic E-state index is 12.7. The van der Waals surface area contributed by atoms with Gasteiger partial charge in [0.2, 0.25) is 11.8 Å². The van der Waals surface area contributed by atoms with Gasteiger partial charge in [0.15, 0.2) is 0 Å². The number of imide groups is 2. The number of carbonyl (C=O) groups excluding carboxylic acids is 4. The minimum atomic E-state index is -0.912. The third-order valence-electron chi connectivity index (χ3n) is 11.4. The number of hydrogen-bond acceptors (Lipinski definition) is 8. The fraction of sp³-hybridized carbons (Fsp3) is 0.400. The highest BCUT2D eigenvalue weighted by molar-refractivity contribution is 6.35. The molecule has 52 heavy (non-hydrogen) atoms. The predicted octanol–water partition coefficient (Wildman–Crippen LogP) is 5.18. The lowest BCUT2D eigenvalue weighted by atomic mass is 9.81. The van der Waals surface area contributed by atoms with Crippen molar-refractivity contribution in [3.63, 3.8) is 0 Å². The molecule has 3 saturated heterocycles. The van der Waals surface area contributed by atoms with Crippen molar-refractivity contribution in [1.82, 2.24) is 24.7 Å². The summed E-state index contributed by atoms with van der Waals surface area (Å²) < 4.78 is 2.12. The van der Waals surface area contributed by atoms with E-state index in [2.05, 4.69) is 63.8 Å². The molecule has 11 nitrogen and oxygen atoms in total. The van der Waals surface area contributed by atoms with Crippen molar-refractivity contribution in [3.05, 3.63) is 98.1 Å². The van der Waals surface area contributed by atoms with Crippen LogP contribution in [-0.2, 0) is 15.0 Å². The number of amides is 4. The Morgan fingerprint density at radius 1 is 0.846 bits per heavy atom. The molecule has 0 radical (unpaired) electrons. The number of halogens is 1. The first-order chi connectivity index (χ1) is 24.9. The lowest BCUT2D eigenvalue weighted by Gasteiger charge is -2.30. The summed E-state index contributed by atoms with van der Waals surface area (Å²) in [7, 11) is 2.19. The van der Waals surface area contributed by atoms with Crippen molar-refractivity contribution in [2.45, 2.75) is 69.7 Å². The van der Waals surface area contributed by atoms with Crippen molar-refractivity contribution in [2.24, 2.45) is 0 Å². The lowest BCUT2D eigenvalue weighted by Crippen LogP contribution is -2.54. The van der Waals surface area contributed by atoms with Crippen LogP contribution in [0.25, 0.3) is 16.6 Å². The van der Waals surface area contributed by atoms with Gasteiger partial charge in [-0.1, -0.05) is 29.8 Å². The normalized spacial score (nSPS) is 21.2. The largest absolute Gasteiger partial charge is 0.372 e. The maximum Gasteiger partial charge on any atom is 0.282 e. The van der Waals surface area contributed by atoms with Crippen LogP contribution in [0.4, 0.5) is 5.69 Å². The molecule has 0 bridgehead atoms. The molecular formula is C40H41ClN6O5. The molecule has 5 aliphatic heterocycles. The zero-order valence-electron chi connectivity index (χ0n) is 29.6. The van der Waals surface area contributed by atoms with Crippen molar-refractivity contribution < 1.29 is 19.2 Å². The fourth-order valence-corrected chi connectivity index (χ4v) is 8.74. The minimum absolute atomic E-state index is 0.128. The minimum Gasteiger partial charge on any atom is -0.372 e. The Kier molecular flexibility index (Phi) is 8.53. The van der Waals surface area contributed by atoms with E-state index in [4.69, 9.17) is 11.6 Å². The Balaban J connectivity index is 0.000000151. The monoisotopic (exact) mass is 720 g/mol. The maximum atomic E-state index is 12.7. The number of benzene rings is 3. The highest BCUT2D eigenvalue weighted by atomic mass is 35.5. The molecule has 3 fully saturated rings. The van der Waals surface area contributed by atoms with E-state index in [-0.39, 0.29) is 29.7 Å². The average molecular weight is 721 g/mol. The van der Waals surface area contributed by atoms with E-state index in [1.54, 1.807) is 18.2 Å². The van der Waals surface area contributed by atoms with Crippen LogP contribution in [0.3, 0.4) is 0 Å². The number of rotatable bonds is 3. The third-order valence-corrected chi connectivity index (χ3v) is 11.8. The first-order valence-electron chi connectivity index (χ1n) is 18.1. The highest BCUT2D eigenvalue weighted by Gasteiger charge is 2.45. The van der Waals surface area contributed by atoms with Gasteiger partial charge in [0.05, 0.1) is 38.2 Å². The first-order valence-corrected chi connectivity index (χ1v) is 18.5. The molecule has 4 amide bonds. The number of fused-ring (bicyclic) bond motifs is 6. The van der Waals surface area contributed by atoms with Crippen molar-refractivity contribution in [2.75, 3.05) is 38.1 Å². The zero-order valence-corrected chi connectivity index (χ0v) is 30.3. The quantitative estimate of drug-likeness (QED) is 0.288. The molecule has 1 unspecified atom stereocenters. The second-order valence-corrected chi connectivity index (χ2v) is 15.5. The Bertz CT molecular complexity index is 2230. The molecule has 268 valence electrons. The Morgan fingerprint density at radius 3 is 2.31 bits per heavy atom. The second kappa shape index (κ2) is 13.0. The van der Waals surface area contributed by atoms with Crippen LogP contribution in [0, 0.1) is 0 Å². The summed E-state index contributed by atoms with van der Waals surface area (Å²) in [6.45, 7) is 8.49. The number of hydrogen-bond donors (Lipinski definition) is 1. The molecule has 0 aliphatic carbocycles. The van der Waals surface area contributed by atoms with Gasteiger partial charge < -0.3 is 9.80 Å². The predicted molar refractivity (Wildman–Crippen MR) is 199 cm³/mol. The summed E-state index contributed by atoms with van der Waals surface area (Å²) in [5.74, 6) is -0.476. The van der Waals surface area contributed by atoms with E-state index in [0.29, 0.717) is 27.5 Å². The molecule has 1 atom stereocenters. The number of likely N-dealkylation sites (tertiary alicyclic amines) is 1. The summed E-state index contributed by atoms with van der Waals surface area (Å²) in [5.41, 5.74) is 5.61. The van der Waals surface area contributed by atoms with Crippen molar-refractivity contribution in [1.29, 1.82) is 0 Å². The first kappa shape index (κ1) is 34.2. The lowest BCUT2D eigenvalue weighted by molar-refractivity contribution is -0.136. The molecule has 6 heterocycles. The Morgan fingerprint density at radius 2 is 1.58 bits per heavy atom. The van der Waals surface area contributed by atoms with Crippen molar-refractivity contribution >= 4 is 51.8 Å². The van der Waals surface area contributed by atoms with E-state index < -0.39 is 23.8 Å². The fourth-order valence-electron chi connectivity index (χ4n) is 8.49. The number of piperidine rings is 2. The van der Waals surface area contributed by atoms with Gasteiger partial charge in [-0.3, -0.25) is 38.8 Å². The summed E-state index contributed by atoms with van der Waals surface area (Å²) in [4.78, 5) is 71.4. The third kappa shape index (κ3) is 5.61. The van der Waals surface area contributed by atoms with E-state index in [1.807, 2.05) is 18.2 Å². The van der Waals surface area contributed by atoms with Gasteiger partial charge in [-0.2, -0.15) is 4.98 Å². The molecule has 9 rings (SSSR count). The zero-order chi connectivity index (χ0) is 36.5. The van der Waals surface area contributed by atoms with Gasteiger partial charge in [-0.05, 0) is 120 Å². The van der Waals surface area contributed by atoms with E-state index in [1.165, 1.54) is 24.0 Å². The molecule has 1 aromatic heterocycles. The molecular weight excluding hydrogens is 680 g/mol. The second-order valence-electron chi connectivity index (χ2n) is 15.1. The van der Waals surface area contributed by atoms with Crippen LogP contribution in [-0.4, -0.2) is 82.2 Å². The average Bonchev–Trinajstić information content (AvgIpc) is 3.81. The molecule has 3 aromatic carbocycles. The van der Waals surface area contributed by atoms with Gasteiger partial charge in [-0.15, -0.1) is 0 Å². The molecule has 0 spiro atoms. The molecule has 12 heteroatoms. The van der Waals surface area contributed by atoms with Gasteiger partial charge in [0.25, 0.3) is 17.4 Å². The van der Waals surface area contributed by atoms with E-state index in [9.17, 15) is 24.0 Å². The van der Waals surface area contributed by atoms with Gasteiger partial charge in [0.1, 0.15) is 11.9 Å². The molecule has 1 N–H and O–H groups in total. The van der Waals surface area contributed by atoms with Gasteiger partial charge in [-0.25, -0.2) is 0 Å². The highest BCUT2D eigenvalue weighted by Crippen LogP contribution is 2.45. The van der Waals surface area contributed by atoms with Crippen LogP contribution in [0.2, 0.25) is 5.02 Å². The summed E-state index contributed by atoms with van der Waals surface area (Å²) in [5, 5.41) is 3.15.